The van der Waals surface area contributed by atoms with E-state index in [9.17, 15) is 0 Å². The zero-order chi connectivity index (χ0) is 15.9. The maximum atomic E-state index is 2.48. The fourth-order valence-corrected chi connectivity index (χ4v) is 9.35. The molecule has 0 spiro atoms. The van der Waals surface area contributed by atoms with Crippen LogP contribution >= 0.6 is 0 Å². The van der Waals surface area contributed by atoms with E-state index in [1.54, 1.807) is 17.8 Å². The van der Waals surface area contributed by atoms with Gasteiger partial charge in [0.1, 0.15) is 0 Å². The molecule has 2 atom stereocenters. The molecule has 3 heteroatoms. The van der Waals surface area contributed by atoms with Crippen LogP contribution in [0.15, 0.2) is 76.2 Å². The number of hydrogen-bond acceptors (Lipinski definition) is 0. The molecular formula is C23H20Cl2Hf. The molecule has 5 rings (SSSR count). The van der Waals surface area contributed by atoms with Crippen molar-refractivity contribution in [2.24, 2.45) is 5.92 Å². The van der Waals surface area contributed by atoms with Gasteiger partial charge in [0.2, 0.25) is 0 Å². The number of benzene rings is 2. The van der Waals surface area contributed by atoms with Gasteiger partial charge in [-0.05, 0) is 0 Å². The summed E-state index contributed by atoms with van der Waals surface area (Å²) in [7, 11) is 0. The Kier molecular flexibility index (Phi) is 6.43. The van der Waals surface area contributed by atoms with Crippen molar-refractivity contribution in [2.75, 3.05) is 0 Å². The molecule has 2 unspecified atom stereocenters. The van der Waals surface area contributed by atoms with Gasteiger partial charge in [0.25, 0.3) is 0 Å². The molecule has 0 nitrogen and oxygen atoms in total. The van der Waals surface area contributed by atoms with Gasteiger partial charge in [-0.25, -0.2) is 0 Å². The average Bonchev–Trinajstić information content (AvgIpc) is 3.35. The summed E-state index contributed by atoms with van der Waals surface area (Å²) >= 11 is -0.935. The van der Waals surface area contributed by atoms with Gasteiger partial charge in [-0.3, -0.25) is 0 Å². The molecule has 0 N–H and O–H groups in total. The fourth-order valence-electron chi connectivity index (χ4n) is 4.50. The Morgan fingerprint density at radius 1 is 0.885 bits per heavy atom. The first-order chi connectivity index (χ1) is 11.9. The first-order valence-corrected chi connectivity index (χ1v) is 12.5. The van der Waals surface area contributed by atoms with Crippen molar-refractivity contribution in [3.05, 3.63) is 87.3 Å². The SMILES string of the molecule is C1=CC[C]([Hf+2][c]2cccc3c2C(C2C=CCC2)c2ccccc2-3)=C1.[Cl-].[Cl-]. The molecule has 0 fully saturated rings. The van der Waals surface area contributed by atoms with E-state index in [2.05, 4.69) is 72.8 Å². The van der Waals surface area contributed by atoms with E-state index in [4.69, 9.17) is 0 Å². The van der Waals surface area contributed by atoms with Crippen LogP contribution in [0.4, 0.5) is 0 Å². The summed E-state index contributed by atoms with van der Waals surface area (Å²) in [6.45, 7) is 0. The van der Waals surface area contributed by atoms with Crippen LogP contribution in [0, 0.1) is 5.92 Å². The summed E-state index contributed by atoms with van der Waals surface area (Å²) in [5.74, 6) is 1.28. The minimum Gasteiger partial charge on any atom is -1.00 e. The monoisotopic (exact) mass is 546 g/mol. The first kappa shape index (κ1) is 19.9. The molecule has 0 bridgehead atoms. The van der Waals surface area contributed by atoms with Crippen LogP contribution in [0.2, 0.25) is 0 Å². The number of allylic oxidation sites excluding steroid dienone is 6. The summed E-state index contributed by atoms with van der Waals surface area (Å²) in [5.41, 5.74) is 6.26. The van der Waals surface area contributed by atoms with Crippen LogP contribution in [0.3, 0.4) is 0 Å². The van der Waals surface area contributed by atoms with Gasteiger partial charge in [-0.2, -0.15) is 0 Å². The van der Waals surface area contributed by atoms with Gasteiger partial charge in [0.15, 0.2) is 0 Å². The van der Waals surface area contributed by atoms with Crippen molar-refractivity contribution in [3.63, 3.8) is 0 Å². The van der Waals surface area contributed by atoms with Crippen LogP contribution in [-0.4, -0.2) is 0 Å². The number of halogens is 2. The third-order valence-electron chi connectivity index (χ3n) is 5.55. The Morgan fingerprint density at radius 2 is 1.73 bits per heavy atom. The summed E-state index contributed by atoms with van der Waals surface area (Å²) in [6.07, 6.45) is 15.6. The molecule has 3 aliphatic rings. The van der Waals surface area contributed by atoms with Crippen LogP contribution in [0.25, 0.3) is 11.1 Å². The van der Waals surface area contributed by atoms with Crippen LogP contribution in [0.1, 0.15) is 36.3 Å². The Bertz CT molecular complexity index is 895. The predicted molar refractivity (Wildman–Crippen MR) is 97.1 cm³/mol. The van der Waals surface area contributed by atoms with Crippen molar-refractivity contribution < 1.29 is 47.7 Å². The molecule has 0 radical (unpaired) electrons. The minimum absolute atomic E-state index is 0. The van der Waals surface area contributed by atoms with Gasteiger partial charge in [0.05, 0.1) is 0 Å². The molecule has 0 aliphatic heterocycles. The van der Waals surface area contributed by atoms with Crippen molar-refractivity contribution in [2.45, 2.75) is 25.2 Å². The number of rotatable bonds is 3. The molecule has 0 heterocycles. The second kappa shape index (κ2) is 8.42. The molecule has 0 aromatic heterocycles. The molecule has 0 saturated carbocycles. The van der Waals surface area contributed by atoms with Gasteiger partial charge >= 0.3 is 156 Å². The Morgan fingerprint density at radius 3 is 2.50 bits per heavy atom. The second-order valence-electron chi connectivity index (χ2n) is 6.95. The van der Waals surface area contributed by atoms with E-state index in [-0.39, 0.29) is 24.8 Å². The van der Waals surface area contributed by atoms with Crippen molar-refractivity contribution in [1.82, 2.24) is 0 Å². The predicted octanol–water partition coefficient (Wildman–Crippen LogP) is -0.675. The van der Waals surface area contributed by atoms with Gasteiger partial charge < -0.3 is 24.8 Å². The molecule has 26 heavy (non-hydrogen) atoms. The molecule has 2 aromatic rings. The molecule has 130 valence electrons. The second-order valence-corrected chi connectivity index (χ2v) is 12.1. The standard InChI is InChI=1S/C18H15.C5H5.2ClH.Hf/c1-2-8-13(7-1)18-16-11-5-3-9-14(16)15-10-4-6-12-17(15)18;1-2-4-5-3-1;;;/h1,3-7,9-11,13,18H,2,8H2;1-3H,4H2;2*1H;/q;;;;+2/p-2. The third kappa shape index (κ3) is 3.35. The first-order valence-electron chi connectivity index (χ1n) is 8.93. The fraction of sp³-hybridized carbons (Fsp3) is 0.217. The van der Waals surface area contributed by atoms with E-state index in [1.807, 2.05) is 0 Å². The van der Waals surface area contributed by atoms with Gasteiger partial charge in [0, 0.05) is 0 Å². The smallest absolute Gasteiger partial charge is 1.00 e. The Balaban J connectivity index is 0.000000980. The topological polar surface area (TPSA) is 0 Å². The largest absolute Gasteiger partial charge is 1.00 e. The van der Waals surface area contributed by atoms with E-state index in [1.165, 1.54) is 30.4 Å². The van der Waals surface area contributed by atoms with E-state index in [0.717, 1.165) is 0 Å². The van der Waals surface area contributed by atoms with Crippen molar-refractivity contribution in [1.29, 1.82) is 0 Å². The third-order valence-corrected chi connectivity index (χ3v) is 10.6. The van der Waals surface area contributed by atoms with E-state index >= 15 is 0 Å². The van der Waals surface area contributed by atoms with E-state index < -0.39 is 22.9 Å². The molecule has 0 saturated heterocycles. The summed E-state index contributed by atoms with van der Waals surface area (Å²) in [4.78, 5) is 0. The summed E-state index contributed by atoms with van der Waals surface area (Å²) < 4.78 is 3.46. The number of fused-ring (bicyclic) bond motifs is 3. The van der Waals surface area contributed by atoms with Gasteiger partial charge in [-0.1, -0.05) is 0 Å². The zero-order valence-corrected chi connectivity index (χ0v) is 19.6. The summed E-state index contributed by atoms with van der Waals surface area (Å²) in [5, 5.41) is 0. The van der Waals surface area contributed by atoms with Gasteiger partial charge in [-0.15, -0.1) is 0 Å². The Hall–Kier alpha value is -0.890. The molecular weight excluding hydrogens is 526 g/mol. The van der Waals surface area contributed by atoms with Crippen molar-refractivity contribution in [3.8, 4) is 11.1 Å². The maximum absolute atomic E-state index is 2.48. The maximum Gasteiger partial charge on any atom is -1.00 e. The van der Waals surface area contributed by atoms with Crippen LogP contribution in [-0.2, 0) is 22.9 Å². The summed E-state index contributed by atoms with van der Waals surface area (Å²) in [6, 6.07) is 16.2. The number of hydrogen-bond donors (Lipinski definition) is 0. The van der Waals surface area contributed by atoms with Crippen LogP contribution in [0.5, 0.6) is 0 Å². The Labute approximate surface area is 179 Å². The molecule has 3 aliphatic carbocycles. The molecule has 2 aromatic carbocycles. The zero-order valence-electron chi connectivity index (χ0n) is 14.5. The minimum atomic E-state index is -0.935. The normalized spacial score (nSPS) is 21.3. The van der Waals surface area contributed by atoms with Crippen molar-refractivity contribution >= 4 is 3.32 Å². The van der Waals surface area contributed by atoms with E-state index in [0.29, 0.717) is 11.8 Å². The average molecular weight is 546 g/mol. The molecule has 0 amide bonds. The quantitative estimate of drug-likeness (QED) is 0.355. The van der Waals surface area contributed by atoms with Crippen LogP contribution < -0.4 is 28.1 Å².